The Kier molecular flexibility index (Phi) is 6.27. The van der Waals surface area contributed by atoms with E-state index in [1.165, 1.54) is 7.11 Å². The normalized spacial score (nSPS) is 15.6. The van der Waals surface area contributed by atoms with Gasteiger partial charge in [0.25, 0.3) is 0 Å². The highest BCUT2D eigenvalue weighted by Gasteiger charge is 2.36. The number of hydrogen-bond donors (Lipinski definition) is 2. The molecule has 1 atom stereocenters. The molecule has 180 valence electrons. The van der Waals surface area contributed by atoms with Gasteiger partial charge >= 0.3 is 12.0 Å². The van der Waals surface area contributed by atoms with E-state index in [0.717, 1.165) is 27.8 Å². The van der Waals surface area contributed by atoms with Crippen molar-refractivity contribution < 1.29 is 14.3 Å². The van der Waals surface area contributed by atoms with Crippen molar-refractivity contribution >= 4 is 12.0 Å². The number of esters is 1. The summed E-state index contributed by atoms with van der Waals surface area (Å²) in [6.45, 7) is 2.05. The number of hydrogen-bond acceptors (Lipinski definition) is 6. The number of tetrazole rings is 1. The molecule has 0 radical (unpaired) electrons. The van der Waals surface area contributed by atoms with Gasteiger partial charge in [-0.1, -0.05) is 78.9 Å². The second-order valence-corrected chi connectivity index (χ2v) is 8.38. The van der Waals surface area contributed by atoms with Crippen molar-refractivity contribution in [3.8, 4) is 22.5 Å². The molecule has 0 spiro atoms. The zero-order chi connectivity index (χ0) is 25.1. The molecule has 2 N–H and O–H groups in total. The molecule has 2 amide bonds. The average Bonchev–Trinajstić information content (AvgIpc) is 3.46. The van der Waals surface area contributed by atoms with Crippen LogP contribution in [0.4, 0.5) is 4.79 Å². The lowest BCUT2D eigenvalue weighted by atomic mass is 9.93. The summed E-state index contributed by atoms with van der Waals surface area (Å²) in [5.41, 5.74) is 5.56. The Labute approximate surface area is 207 Å². The van der Waals surface area contributed by atoms with E-state index in [-0.39, 0.29) is 12.6 Å². The Hall–Kier alpha value is -4.79. The number of H-pyrrole nitrogens is 1. The van der Waals surface area contributed by atoms with Gasteiger partial charge < -0.3 is 10.1 Å². The minimum absolute atomic E-state index is 0.282. The molecule has 36 heavy (non-hydrogen) atoms. The van der Waals surface area contributed by atoms with Crippen molar-refractivity contribution in [1.82, 2.24) is 30.8 Å². The third-order valence-corrected chi connectivity index (χ3v) is 6.25. The molecule has 5 rings (SSSR count). The van der Waals surface area contributed by atoms with Crippen LogP contribution in [0.25, 0.3) is 22.5 Å². The maximum atomic E-state index is 13.2. The van der Waals surface area contributed by atoms with E-state index < -0.39 is 12.0 Å². The van der Waals surface area contributed by atoms with Crippen LogP contribution in [0, 0.1) is 0 Å². The van der Waals surface area contributed by atoms with Gasteiger partial charge in [0, 0.05) is 11.3 Å². The number of allylic oxidation sites excluding steroid dienone is 1. The van der Waals surface area contributed by atoms with Gasteiger partial charge in [-0.05, 0) is 34.4 Å². The molecule has 4 aromatic rings. The number of amides is 2. The predicted molar refractivity (Wildman–Crippen MR) is 133 cm³/mol. The van der Waals surface area contributed by atoms with Crippen molar-refractivity contribution in [3.05, 3.63) is 101 Å². The summed E-state index contributed by atoms with van der Waals surface area (Å²) in [5, 5.41) is 16.9. The first-order valence-electron chi connectivity index (χ1n) is 11.4. The van der Waals surface area contributed by atoms with Crippen LogP contribution in [0.2, 0.25) is 0 Å². The average molecular weight is 481 g/mol. The van der Waals surface area contributed by atoms with Gasteiger partial charge in [-0.15, -0.1) is 10.2 Å². The first-order chi connectivity index (χ1) is 17.5. The Morgan fingerprint density at radius 1 is 0.944 bits per heavy atom. The zero-order valence-electron chi connectivity index (χ0n) is 19.8. The molecule has 9 nitrogen and oxygen atoms in total. The number of methoxy groups -OCH3 is 1. The SMILES string of the molecule is COC(=O)C1=C(C)N(Cc2ccc(-c3nn[nH]n3)cc2)C(=O)NC1c1ccc(-c2ccccc2)cc1. The maximum absolute atomic E-state index is 13.2. The summed E-state index contributed by atoms with van der Waals surface area (Å²) in [7, 11) is 1.34. The van der Waals surface area contributed by atoms with Gasteiger partial charge in [-0.25, -0.2) is 9.59 Å². The molecule has 1 aliphatic rings. The lowest BCUT2D eigenvalue weighted by Crippen LogP contribution is -2.47. The number of nitrogens with zero attached hydrogens (tertiary/aromatic N) is 4. The van der Waals surface area contributed by atoms with Crippen molar-refractivity contribution in [3.63, 3.8) is 0 Å². The minimum atomic E-state index is -0.619. The number of urea groups is 1. The van der Waals surface area contributed by atoms with Gasteiger partial charge in [0.1, 0.15) is 0 Å². The summed E-state index contributed by atoms with van der Waals surface area (Å²) >= 11 is 0. The molecule has 0 saturated heterocycles. The summed E-state index contributed by atoms with van der Waals surface area (Å²) in [4.78, 5) is 27.6. The number of aromatic amines is 1. The fourth-order valence-corrected chi connectivity index (χ4v) is 4.32. The molecule has 9 heteroatoms. The molecule has 1 aromatic heterocycles. The number of ether oxygens (including phenoxy) is 1. The van der Waals surface area contributed by atoms with E-state index in [1.807, 2.05) is 78.9 Å². The fourth-order valence-electron chi connectivity index (χ4n) is 4.32. The third-order valence-electron chi connectivity index (χ3n) is 6.25. The highest BCUT2D eigenvalue weighted by molar-refractivity contribution is 5.95. The number of benzene rings is 3. The second kappa shape index (κ2) is 9.83. The van der Waals surface area contributed by atoms with E-state index in [9.17, 15) is 9.59 Å². The molecule has 2 heterocycles. The smallest absolute Gasteiger partial charge is 0.337 e. The Morgan fingerprint density at radius 2 is 1.61 bits per heavy atom. The first kappa shape index (κ1) is 23.0. The lowest BCUT2D eigenvalue weighted by molar-refractivity contribution is -0.136. The summed E-state index contributed by atoms with van der Waals surface area (Å²) in [5.74, 6) is 0.00420. The largest absolute Gasteiger partial charge is 0.466 e. The molecule has 0 fully saturated rings. The van der Waals surface area contributed by atoms with Crippen LogP contribution >= 0.6 is 0 Å². The van der Waals surface area contributed by atoms with Gasteiger partial charge in [-0.2, -0.15) is 5.21 Å². The van der Waals surface area contributed by atoms with E-state index in [0.29, 0.717) is 17.1 Å². The van der Waals surface area contributed by atoms with E-state index in [1.54, 1.807) is 11.8 Å². The number of aromatic nitrogens is 4. The molecule has 1 aliphatic heterocycles. The van der Waals surface area contributed by atoms with Crippen LogP contribution < -0.4 is 5.32 Å². The molecular formula is C27H24N6O3. The molecule has 0 bridgehead atoms. The van der Waals surface area contributed by atoms with Crippen molar-refractivity contribution in [2.45, 2.75) is 19.5 Å². The maximum Gasteiger partial charge on any atom is 0.337 e. The minimum Gasteiger partial charge on any atom is -0.466 e. The zero-order valence-corrected chi connectivity index (χ0v) is 19.8. The third kappa shape index (κ3) is 4.46. The summed E-state index contributed by atoms with van der Waals surface area (Å²) in [6, 6.07) is 24.4. The molecule has 0 saturated carbocycles. The van der Waals surface area contributed by atoms with E-state index in [4.69, 9.17) is 4.74 Å². The fraction of sp³-hybridized carbons (Fsp3) is 0.148. The number of carbonyl (C=O) groups excluding carboxylic acids is 2. The van der Waals surface area contributed by atoms with Gasteiger partial charge in [-0.3, -0.25) is 4.90 Å². The summed E-state index contributed by atoms with van der Waals surface area (Å²) < 4.78 is 5.10. The van der Waals surface area contributed by atoms with Crippen LogP contribution in [-0.2, 0) is 16.1 Å². The molecule has 3 aromatic carbocycles. The van der Waals surface area contributed by atoms with Crippen molar-refractivity contribution in [1.29, 1.82) is 0 Å². The predicted octanol–water partition coefficient (Wildman–Crippen LogP) is 4.25. The Balaban J connectivity index is 1.43. The van der Waals surface area contributed by atoms with Crippen LogP contribution in [0.5, 0.6) is 0 Å². The second-order valence-electron chi connectivity index (χ2n) is 8.38. The Morgan fingerprint density at radius 3 is 2.25 bits per heavy atom. The number of carbonyl (C=O) groups is 2. The quantitative estimate of drug-likeness (QED) is 0.399. The van der Waals surface area contributed by atoms with Crippen LogP contribution in [-0.4, -0.2) is 44.6 Å². The monoisotopic (exact) mass is 480 g/mol. The van der Waals surface area contributed by atoms with Crippen LogP contribution in [0.1, 0.15) is 24.1 Å². The summed E-state index contributed by atoms with van der Waals surface area (Å²) in [6.07, 6.45) is 0. The first-order valence-corrected chi connectivity index (χ1v) is 11.4. The topological polar surface area (TPSA) is 113 Å². The molecular weight excluding hydrogens is 456 g/mol. The number of rotatable bonds is 6. The lowest BCUT2D eigenvalue weighted by Gasteiger charge is -2.35. The Bertz CT molecular complexity index is 1400. The number of nitrogens with one attached hydrogen (secondary N) is 2. The molecule has 0 aliphatic carbocycles. The van der Waals surface area contributed by atoms with Gasteiger partial charge in [0.05, 0.1) is 25.3 Å². The van der Waals surface area contributed by atoms with Crippen molar-refractivity contribution in [2.75, 3.05) is 7.11 Å². The standard InChI is InChI=1S/C27H24N6O3/c1-17-23(26(34)36-2)24(21-14-12-20(13-15-21)19-6-4-3-5-7-19)28-27(35)33(17)16-18-8-10-22(11-9-18)25-29-31-32-30-25/h3-15,24H,16H2,1-2H3,(H,28,35)(H,29,30,31,32). The van der Waals surface area contributed by atoms with Crippen LogP contribution in [0.3, 0.4) is 0 Å². The van der Waals surface area contributed by atoms with E-state index >= 15 is 0 Å². The van der Waals surface area contributed by atoms with E-state index in [2.05, 4.69) is 25.9 Å². The molecule has 1 unspecified atom stereocenters. The highest BCUT2D eigenvalue weighted by Crippen LogP contribution is 2.33. The highest BCUT2D eigenvalue weighted by atomic mass is 16.5. The van der Waals surface area contributed by atoms with Gasteiger partial charge in [0.2, 0.25) is 5.82 Å². The van der Waals surface area contributed by atoms with Crippen molar-refractivity contribution in [2.24, 2.45) is 0 Å². The van der Waals surface area contributed by atoms with Crippen LogP contribution in [0.15, 0.2) is 90.1 Å². The van der Waals surface area contributed by atoms with Gasteiger partial charge in [0.15, 0.2) is 0 Å².